The van der Waals surface area contributed by atoms with Gasteiger partial charge in [-0.1, -0.05) is 46.8 Å². The van der Waals surface area contributed by atoms with Crippen LogP contribution in [-0.2, 0) is 4.79 Å². The first-order valence-electron chi connectivity index (χ1n) is 13.9. The zero-order chi connectivity index (χ0) is 25.1. The lowest BCUT2D eigenvalue weighted by atomic mass is 9.32. The van der Waals surface area contributed by atoms with Crippen molar-refractivity contribution in [3.63, 3.8) is 0 Å². The van der Waals surface area contributed by atoms with E-state index in [1.165, 1.54) is 0 Å². The highest BCUT2D eigenvalue weighted by molar-refractivity contribution is 5.77. The predicted molar refractivity (Wildman–Crippen MR) is 134 cm³/mol. The zero-order valence-electron chi connectivity index (χ0n) is 22.4. The van der Waals surface area contributed by atoms with Gasteiger partial charge in [-0.05, 0) is 116 Å². The second kappa shape index (κ2) is 7.34. The van der Waals surface area contributed by atoms with Gasteiger partial charge in [0.2, 0.25) is 0 Å². The summed E-state index contributed by atoms with van der Waals surface area (Å²) in [6.07, 6.45) is 7.34. The summed E-state index contributed by atoms with van der Waals surface area (Å²) in [6.45, 7) is 18.3. The van der Waals surface area contributed by atoms with Gasteiger partial charge in [0.05, 0.1) is 17.6 Å². The molecule has 5 fully saturated rings. The molecular weight excluding hydrogens is 424 g/mol. The van der Waals surface area contributed by atoms with Gasteiger partial charge in [0.1, 0.15) is 0 Å². The van der Waals surface area contributed by atoms with Crippen LogP contribution in [0.4, 0.5) is 0 Å². The van der Waals surface area contributed by atoms with Crippen molar-refractivity contribution in [2.24, 2.45) is 56.7 Å². The lowest BCUT2D eigenvalue weighted by Crippen LogP contribution is -2.69. The normalized spacial score (nSPS) is 55.9. The number of fused-ring (bicyclic) bond motifs is 7. The van der Waals surface area contributed by atoms with E-state index in [1.807, 2.05) is 0 Å². The first-order chi connectivity index (χ1) is 15.7. The largest absolute Gasteiger partial charge is 0.481 e. The van der Waals surface area contributed by atoms with Crippen LogP contribution in [0.1, 0.15) is 99.3 Å². The first-order valence-corrected chi connectivity index (χ1v) is 13.9. The molecule has 0 aromatic rings. The Morgan fingerprint density at radius 2 is 1.50 bits per heavy atom. The van der Waals surface area contributed by atoms with Crippen molar-refractivity contribution in [3.8, 4) is 0 Å². The summed E-state index contributed by atoms with van der Waals surface area (Å²) in [6, 6.07) is 0. The fraction of sp³-hybridized carbons (Fsp3) is 0.900. The third-order valence-corrected chi connectivity index (χ3v) is 13.5. The molecule has 5 rings (SSSR count). The second-order valence-electron chi connectivity index (χ2n) is 14.6. The highest BCUT2D eigenvalue weighted by atomic mass is 16.4. The van der Waals surface area contributed by atoms with E-state index >= 15 is 0 Å². The molecule has 5 aliphatic carbocycles. The number of hydrogen-bond donors (Lipinski definition) is 3. The number of rotatable bonds is 2. The molecule has 192 valence electrons. The van der Waals surface area contributed by atoms with Gasteiger partial charge in [0, 0.05) is 0 Å². The number of carbonyl (C=O) groups is 1. The standard InChI is InChI=1S/C30H48O4/c1-17(2)18-10-15-30(25(33)34)23(32)16-29(7)19(24(18)30)8-9-21-27(5)13-12-22(31)26(3,4)20(27)11-14-28(21,29)6/h18-24,31-32H,1,8-16H2,2-7H3,(H,33,34). The highest BCUT2D eigenvalue weighted by Crippen LogP contribution is 2.77. The monoisotopic (exact) mass is 472 g/mol. The van der Waals surface area contributed by atoms with E-state index in [0.717, 1.165) is 50.5 Å². The van der Waals surface area contributed by atoms with Crippen molar-refractivity contribution in [2.45, 2.75) is 112 Å². The van der Waals surface area contributed by atoms with Gasteiger partial charge in [-0.15, -0.1) is 0 Å². The van der Waals surface area contributed by atoms with Crippen molar-refractivity contribution < 1.29 is 20.1 Å². The lowest BCUT2D eigenvalue weighted by molar-refractivity contribution is -0.263. The van der Waals surface area contributed by atoms with E-state index in [0.29, 0.717) is 30.6 Å². The van der Waals surface area contributed by atoms with Gasteiger partial charge in [0.15, 0.2) is 0 Å². The molecule has 11 atom stereocenters. The maximum Gasteiger partial charge on any atom is 0.312 e. The van der Waals surface area contributed by atoms with Gasteiger partial charge in [0.25, 0.3) is 0 Å². The van der Waals surface area contributed by atoms with Crippen LogP contribution in [0.5, 0.6) is 0 Å². The number of carboxylic acid groups (broad SMARTS) is 1. The molecule has 5 saturated carbocycles. The summed E-state index contributed by atoms with van der Waals surface area (Å²) in [4.78, 5) is 12.8. The second-order valence-corrected chi connectivity index (χ2v) is 14.6. The molecule has 5 aliphatic rings. The summed E-state index contributed by atoms with van der Waals surface area (Å²) in [5.74, 6) is 0.723. The fourth-order valence-corrected chi connectivity index (χ4v) is 11.6. The van der Waals surface area contributed by atoms with Gasteiger partial charge in [-0.3, -0.25) is 4.79 Å². The first kappa shape index (κ1) is 24.8. The van der Waals surface area contributed by atoms with Crippen LogP contribution >= 0.6 is 0 Å². The molecule has 11 unspecified atom stereocenters. The number of aliphatic carboxylic acids is 1. The van der Waals surface area contributed by atoms with Crippen molar-refractivity contribution >= 4 is 5.97 Å². The van der Waals surface area contributed by atoms with Crippen molar-refractivity contribution in [1.82, 2.24) is 0 Å². The smallest absolute Gasteiger partial charge is 0.312 e. The Balaban J connectivity index is 1.60. The minimum atomic E-state index is -1.02. The third-order valence-electron chi connectivity index (χ3n) is 13.5. The van der Waals surface area contributed by atoms with Crippen LogP contribution in [0.3, 0.4) is 0 Å². The lowest BCUT2D eigenvalue weighted by Gasteiger charge is -2.73. The minimum Gasteiger partial charge on any atom is -0.481 e. The molecule has 0 aromatic carbocycles. The molecule has 4 nitrogen and oxygen atoms in total. The van der Waals surface area contributed by atoms with Crippen LogP contribution in [0.2, 0.25) is 0 Å². The van der Waals surface area contributed by atoms with Gasteiger partial charge < -0.3 is 15.3 Å². The average molecular weight is 473 g/mol. The van der Waals surface area contributed by atoms with Gasteiger partial charge in [-0.2, -0.15) is 0 Å². The fourth-order valence-electron chi connectivity index (χ4n) is 11.6. The minimum absolute atomic E-state index is 0.0239. The molecule has 0 radical (unpaired) electrons. The van der Waals surface area contributed by atoms with Crippen LogP contribution in [0.15, 0.2) is 12.2 Å². The summed E-state index contributed by atoms with van der Waals surface area (Å²) in [5, 5.41) is 33.1. The SMILES string of the molecule is C=C(C)C1CCC2(C(=O)O)C(O)CC3(C)C(CCC4C5(C)CCC(O)C(C)(C)C5CCC43C)C12. The molecule has 0 saturated heterocycles. The molecule has 0 bridgehead atoms. The molecule has 3 N–H and O–H groups in total. The van der Waals surface area contributed by atoms with Crippen LogP contribution in [-0.4, -0.2) is 33.5 Å². The Morgan fingerprint density at radius 3 is 2.12 bits per heavy atom. The molecule has 4 heteroatoms. The molecule has 0 spiro atoms. The van der Waals surface area contributed by atoms with E-state index in [-0.39, 0.29) is 39.6 Å². The van der Waals surface area contributed by atoms with E-state index in [4.69, 9.17) is 0 Å². The Labute approximate surface area is 206 Å². The summed E-state index contributed by atoms with van der Waals surface area (Å²) in [7, 11) is 0. The molecule has 34 heavy (non-hydrogen) atoms. The van der Waals surface area contributed by atoms with Gasteiger partial charge >= 0.3 is 5.97 Å². The Morgan fingerprint density at radius 1 is 0.824 bits per heavy atom. The van der Waals surface area contributed by atoms with Gasteiger partial charge in [-0.25, -0.2) is 0 Å². The van der Waals surface area contributed by atoms with Crippen molar-refractivity contribution in [3.05, 3.63) is 12.2 Å². The molecule has 0 amide bonds. The Hall–Kier alpha value is -0.870. The van der Waals surface area contributed by atoms with Crippen LogP contribution < -0.4 is 0 Å². The molecule has 0 aromatic heterocycles. The summed E-state index contributed by atoms with van der Waals surface area (Å²) < 4.78 is 0. The van der Waals surface area contributed by atoms with E-state index in [2.05, 4.69) is 48.1 Å². The number of allylic oxidation sites excluding steroid dienone is 1. The Bertz CT molecular complexity index is 894. The maximum absolute atomic E-state index is 12.8. The maximum atomic E-state index is 12.8. The number of hydrogen-bond acceptors (Lipinski definition) is 3. The van der Waals surface area contributed by atoms with E-state index < -0.39 is 17.5 Å². The number of carboxylic acids is 1. The van der Waals surface area contributed by atoms with Crippen molar-refractivity contribution in [1.29, 1.82) is 0 Å². The summed E-state index contributed by atoms with van der Waals surface area (Å²) in [5.41, 5.74) is 0.149. The van der Waals surface area contributed by atoms with E-state index in [9.17, 15) is 20.1 Å². The predicted octanol–water partition coefficient (Wildman–Crippen LogP) is 6.06. The Kier molecular flexibility index (Phi) is 5.36. The highest BCUT2D eigenvalue weighted by Gasteiger charge is 2.74. The average Bonchev–Trinajstić information content (AvgIpc) is 3.14. The van der Waals surface area contributed by atoms with Crippen LogP contribution in [0, 0.1) is 56.7 Å². The molecule has 0 heterocycles. The van der Waals surface area contributed by atoms with E-state index in [1.54, 1.807) is 0 Å². The quantitative estimate of drug-likeness (QED) is 0.427. The van der Waals surface area contributed by atoms with Crippen molar-refractivity contribution in [2.75, 3.05) is 0 Å². The number of aliphatic hydroxyl groups excluding tert-OH is 2. The molecular formula is C30H48O4. The third kappa shape index (κ3) is 2.71. The molecule has 0 aliphatic heterocycles. The number of aliphatic hydroxyl groups is 2. The van der Waals surface area contributed by atoms with Crippen LogP contribution in [0.25, 0.3) is 0 Å². The topological polar surface area (TPSA) is 77.8 Å². The zero-order valence-corrected chi connectivity index (χ0v) is 22.4. The summed E-state index contributed by atoms with van der Waals surface area (Å²) >= 11 is 0.